The van der Waals surface area contributed by atoms with E-state index in [1.165, 1.54) is 43.2 Å². The molecule has 7 heteroatoms. The lowest BCUT2D eigenvalue weighted by Gasteiger charge is -2.34. The lowest BCUT2D eigenvalue weighted by atomic mass is 10.2. The number of nitrogens with one attached hydrogen (secondary N) is 2. The average Bonchev–Trinajstić information content (AvgIpc) is 2.71. The highest BCUT2D eigenvalue weighted by atomic mass is 35.5. The van der Waals surface area contributed by atoms with E-state index in [0.717, 1.165) is 63.0 Å². The van der Waals surface area contributed by atoms with E-state index in [-0.39, 0.29) is 6.03 Å². The molecule has 2 rings (SSSR count). The number of piperazine rings is 1. The van der Waals surface area contributed by atoms with Crippen molar-refractivity contribution in [2.24, 2.45) is 0 Å². The van der Waals surface area contributed by atoms with Crippen LogP contribution in [0.25, 0.3) is 0 Å². The molecule has 0 saturated carbocycles. The van der Waals surface area contributed by atoms with Crippen LogP contribution in [-0.4, -0.2) is 60.9 Å². The van der Waals surface area contributed by atoms with Crippen molar-refractivity contribution in [2.75, 3.05) is 45.0 Å². The molecule has 1 aromatic carbocycles. The fourth-order valence-corrected chi connectivity index (χ4v) is 4.06. The number of hydrogen-bond acceptors (Lipinski definition) is 4. The van der Waals surface area contributed by atoms with Crippen LogP contribution in [0.4, 0.5) is 4.79 Å². The molecule has 1 heterocycles. The summed E-state index contributed by atoms with van der Waals surface area (Å²) in [5.41, 5.74) is 1.32. The van der Waals surface area contributed by atoms with Crippen LogP contribution in [0.15, 0.2) is 24.3 Å². The zero-order valence-electron chi connectivity index (χ0n) is 17.1. The van der Waals surface area contributed by atoms with Gasteiger partial charge in [0.25, 0.3) is 0 Å². The van der Waals surface area contributed by atoms with Gasteiger partial charge in [0.2, 0.25) is 0 Å². The Labute approximate surface area is 179 Å². The van der Waals surface area contributed by atoms with E-state index < -0.39 is 0 Å². The number of halogens is 1. The molecule has 0 unspecified atom stereocenters. The fraction of sp³-hybridized carbons (Fsp3) is 0.667. The summed E-state index contributed by atoms with van der Waals surface area (Å²) in [5, 5.41) is 3.74. The van der Waals surface area contributed by atoms with E-state index in [1.54, 1.807) is 0 Å². The Morgan fingerprint density at radius 3 is 2.46 bits per heavy atom. The first kappa shape index (κ1) is 23.3. The Kier molecular flexibility index (Phi) is 11.7. The lowest BCUT2D eigenvalue weighted by molar-refractivity contribution is 0.126. The lowest BCUT2D eigenvalue weighted by Crippen LogP contribution is -2.46. The second-order valence-electron chi connectivity index (χ2n) is 7.36. The van der Waals surface area contributed by atoms with Gasteiger partial charge in [-0.05, 0) is 49.0 Å². The van der Waals surface area contributed by atoms with Crippen LogP contribution in [0.5, 0.6) is 0 Å². The first-order valence-corrected chi connectivity index (χ1v) is 11.9. The van der Waals surface area contributed by atoms with Gasteiger partial charge in [-0.3, -0.25) is 9.62 Å². The van der Waals surface area contributed by atoms with Gasteiger partial charge in [0.05, 0.1) is 0 Å². The number of rotatable bonds is 12. The number of carbonyl (C=O) groups excluding carboxylic acids is 1. The largest absolute Gasteiger partial charge is 0.337 e. The van der Waals surface area contributed by atoms with Gasteiger partial charge in [-0.1, -0.05) is 49.9 Å². The number of benzene rings is 1. The quantitative estimate of drug-likeness (QED) is 0.384. The summed E-state index contributed by atoms with van der Waals surface area (Å²) in [4.78, 5) is 16.7. The summed E-state index contributed by atoms with van der Waals surface area (Å²) < 4.78 is 2.87. The maximum Gasteiger partial charge on any atom is 0.324 e. The minimum Gasteiger partial charge on any atom is -0.337 e. The average molecular weight is 427 g/mol. The molecule has 28 heavy (non-hydrogen) atoms. The molecule has 1 fully saturated rings. The third-order valence-corrected chi connectivity index (χ3v) is 6.06. The third kappa shape index (κ3) is 10.0. The first-order chi connectivity index (χ1) is 13.7. The fourth-order valence-electron chi connectivity index (χ4n) is 3.28. The number of amides is 2. The van der Waals surface area contributed by atoms with E-state index in [2.05, 4.69) is 38.9 Å². The molecule has 0 aromatic heterocycles. The van der Waals surface area contributed by atoms with Gasteiger partial charge in [-0.2, -0.15) is 0 Å². The van der Waals surface area contributed by atoms with Gasteiger partial charge in [0.15, 0.2) is 0 Å². The van der Waals surface area contributed by atoms with Gasteiger partial charge in [-0.25, -0.2) is 4.79 Å². The minimum atomic E-state index is -0.0618. The number of urea groups is 1. The van der Waals surface area contributed by atoms with Gasteiger partial charge >= 0.3 is 6.03 Å². The van der Waals surface area contributed by atoms with Crippen LogP contribution in [0, 0.1) is 0 Å². The molecule has 1 aliphatic rings. The SMILES string of the molecule is CCCCCCSNC(=O)NCCCN1CCN(Cc2ccc(Cl)cc2)CC1. The number of carbonyl (C=O) groups is 1. The van der Waals surface area contributed by atoms with E-state index in [4.69, 9.17) is 11.6 Å². The predicted octanol–water partition coefficient (Wildman–Crippen LogP) is 4.38. The van der Waals surface area contributed by atoms with Crippen LogP contribution in [0.1, 0.15) is 44.6 Å². The third-order valence-electron chi connectivity index (χ3n) is 4.99. The molecule has 0 bridgehead atoms. The topological polar surface area (TPSA) is 47.6 Å². The van der Waals surface area contributed by atoms with Gasteiger partial charge in [0.1, 0.15) is 0 Å². The molecule has 1 saturated heterocycles. The standard InChI is InChI=1S/C21H35ClN4OS/c1-2-3-4-5-17-28-24-21(27)23-11-6-12-25-13-15-26(16-14-25)18-19-7-9-20(22)10-8-19/h7-10H,2-6,11-18H2,1H3,(H2,23,24,27). The maximum atomic E-state index is 11.7. The molecule has 0 aliphatic carbocycles. The summed E-state index contributed by atoms with van der Waals surface area (Å²) in [6.07, 6.45) is 5.94. The molecular weight excluding hydrogens is 392 g/mol. The number of unbranched alkanes of at least 4 members (excludes halogenated alkanes) is 3. The summed E-state index contributed by atoms with van der Waals surface area (Å²) in [6.45, 7) is 9.33. The maximum absolute atomic E-state index is 11.7. The Morgan fingerprint density at radius 2 is 1.75 bits per heavy atom. The molecule has 0 spiro atoms. The zero-order valence-corrected chi connectivity index (χ0v) is 18.7. The normalized spacial score (nSPS) is 15.5. The second-order valence-corrected chi connectivity index (χ2v) is 8.70. The van der Waals surface area contributed by atoms with Crippen molar-refractivity contribution >= 4 is 29.6 Å². The first-order valence-electron chi connectivity index (χ1n) is 10.5. The molecule has 2 N–H and O–H groups in total. The monoisotopic (exact) mass is 426 g/mol. The second kappa shape index (κ2) is 14.1. The smallest absolute Gasteiger partial charge is 0.324 e. The summed E-state index contributed by atoms with van der Waals surface area (Å²) in [7, 11) is 0. The Bertz CT molecular complexity index is 550. The van der Waals surface area contributed by atoms with Crippen LogP contribution in [0.3, 0.4) is 0 Å². The van der Waals surface area contributed by atoms with E-state index in [1.807, 2.05) is 12.1 Å². The molecule has 5 nitrogen and oxygen atoms in total. The van der Waals surface area contributed by atoms with Crippen LogP contribution < -0.4 is 10.0 Å². The highest BCUT2D eigenvalue weighted by Gasteiger charge is 2.16. The van der Waals surface area contributed by atoms with Crippen molar-refractivity contribution in [1.29, 1.82) is 0 Å². The highest BCUT2D eigenvalue weighted by Crippen LogP contribution is 2.13. The van der Waals surface area contributed by atoms with E-state index in [9.17, 15) is 4.79 Å². The number of nitrogens with zero attached hydrogens (tertiary/aromatic N) is 2. The van der Waals surface area contributed by atoms with Crippen molar-refractivity contribution in [1.82, 2.24) is 19.8 Å². The van der Waals surface area contributed by atoms with Gasteiger partial charge in [-0.15, -0.1) is 0 Å². The minimum absolute atomic E-state index is 0.0618. The van der Waals surface area contributed by atoms with Crippen molar-refractivity contribution < 1.29 is 4.79 Å². The molecule has 1 aliphatic heterocycles. The van der Waals surface area contributed by atoms with Crippen molar-refractivity contribution in [3.05, 3.63) is 34.9 Å². The number of hydrogen-bond donors (Lipinski definition) is 2. The molecule has 2 amide bonds. The molecule has 158 valence electrons. The molecule has 1 aromatic rings. The van der Waals surface area contributed by atoms with E-state index >= 15 is 0 Å². The zero-order chi connectivity index (χ0) is 20.0. The van der Waals surface area contributed by atoms with Crippen molar-refractivity contribution in [3.63, 3.8) is 0 Å². The van der Waals surface area contributed by atoms with Gasteiger partial charge < -0.3 is 10.2 Å². The van der Waals surface area contributed by atoms with Crippen LogP contribution in [0.2, 0.25) is 5.02 Å². The van der Waals surface area contributed by atoms with E-state index in [0.29, 0.717) is 0 Å². The van der Waals surface area contributed by atoms with Crippen molar-refractivity contribution in [2.45, 2.75) is 45.6 Å². The Balaban J connectivity index is 1.46. The van der Waals surface area contributed by atoms with Gasteiger partial charge in [0, 0.05) is 50.0 Å². The summed E-state index contributed by atoms with van der Waals surface area (Å²) in [6, 6.07) is 8.07. The van der Waals surface area contributed by atoms with Crippen molar-refractivity contribution in [3.8, 4) is 0 Å². The predicted molar refractivity (Wildman–Crippen MR) is 121 cm³/mol. The summed E-state index contributed by atoms with van der Waals surface area (Å²) >= 11 is 7.46. The Morgan fingerprint density at radius 1 is 1.04 bits per heavy atom. The summed E-state index contributed by atoms with van der Waals surface area (Å²) in [5.74, 6) is 0.994. The highest BCUT2D eigenvalue weighted by molar-refractivity contribution is 7.97. The van der Waals surface area contributed by atoms with Crippen LogP contribution in [-0.2, 0) is 6.54 Å². The molecule has 0 radical (unpaired) electrons. The molecular formula is C21H35ClN4OS. The molecule has 0 atom stereocenters. The Hall–Kier alpha value is -0.950. The van der Waals surface area contributed by atoms with Crippen LogP contribution >= 0.6 is 23.5 Å².